The zero-order valence-electron chi connectivity index (χ0n) is 8.96. The molecule has 1 aromatic carbocycles. The van der Waals surface area contributed by atoms with E-state index in [1.165, 1.54) is 16.8 Å². The normalized spacial score (nSPS) is 19.9. The van der Waals surface area contributed by atoms with Gasteiger partial charge in [0, 0.05) is 24.8 Å². The Kier molecular flexibility index (Phi) is 2.46. The zero-order chi connectivity index (χ0) is 10.1. The van der Waals surface area contributed by atoms with Gasteiger partial charge >= 0.3 is 0 Å². The molecule has 0 aliphatic carbocycles. The van der Waals surface area contributed by atoms with Crippen LogP contribution >= 0.6 is 0 Å². The Hall–Kier alpha value is -1.02. The molecule has 1 unspecified atom stereocenters. The minimum atomic E-state index is 0.642. The van der Waals surface area contributed by atoms with Crippen molar-refractivity contribution in [3.05, 3.63) is 29.3 Å². The van der Waals surface area contributed by atoms with Gasteiger partial charge in [0.25, 0.3) is 0 Å². The van der Waals surface area contributed by atoms with Gasteiger partial charge in [0.2, 0.25) is 0 Å². The molecule has 0 saturated carbocycles. The molecule has 0 bridgehead atoms. The minimum absolute atomic E-state index is 0.642. The van der Waals surface area contributed by atoms with E-state index >= 15 is 0 Å². The zero-order valence-corrected chi connectivity index (χ0v) is 8.96. The first kappa shape index (κ1) is 9.53. The predicted octanol–water partition coefficient (Wildman–Crippen LogP) is 1.92. The van der Waals surface area contributed by atoms with E-state index in [1.54, 1.807) is 0 Å². The first-order chi connectivity index (χ1) is 6.76. The van der Waals surface area contributed by atoms with E-state index in [4.69, 9.17) is 5.73 Å². The summed E-state index contributed by atoms with van der Waals surface area (Å²) < 4.78 is 0. The molecule has 0 fully saturated rings. The van der Waals surface area contributed by atoms with Crippen LogP contribution in [0.25, 0.3) is 0 Å². The van der Waals surface area contributed by atoms with E-state index in [2.05, 4.69) is 36.9 Å². The number of anilines is 1. The number of fused-ring (bicyclic) bond motifs is 1. The van der Waals surface area contributed by atoms with E-state index in [-0.39, 0.29) is 0 Å². The molecule has 1 atom stereocenters. The molecule has 1 aromatic rings. The van der Waals surface area contributed by atoms with Crippen LogP contribution in [0.5, 0.6) is 0 Å². The Morgan fingerprint density at radius 3 is 2.93 bits per heavy atom. The van der Waals surface area contributed by atoms with E-state index in [1.807, 2.05) is 0 Å². The maximum Gasteiger partial charge on any atom is 0.0402 e. The van der Waals surface area contributed by atoms with Crippen LogP contribution in [0, 0.1) is 0 Å². The number of likely N-dealkylation sites (N-methyl/N-ethyl adjacent to an activating group) is 1. The minimum Gasteiger partial charge on any atom is -0.369 e. The molecule has 0 aromatic heterocycles. The Balaban J connectivity index is 2.37. The highest BCUT2D eigenvalue weighted by atomic mass is 15.2. The highest BCUT2D eigenvalue weighted by Crippen LogP contribution is 2.32. The van der Waals surface area contributed by atoms with Gasteiger partial charge in [-0.1, -0.05) is 12.1 Å². The lowest BCUT2D eigenvalue weighted by molar-refractivity contribution is 0.690. The molecular weight excluding hydrogens is 172 g/mol. The highest BCUT2D eigenvalue weighted by Gasteiger charge is 2.24. The van der Waals surface area contributed by atoms with Crippen molar-refractivity contribution in [3.63, 3.8) is 0 Å². The second-order valence-corrected chi connectivity index (χ2v) is 4.01. The standard InChI is InChI=1S/C12H18N2/c1-3-14-9(2)6-11-7-10(8-13)4-5-12(11)14/h4-5,7,9H,3,6,8,13H2,1-2H3. The van der Waals surface area contributed by atoms with Crippen molar-refractivity contribution in [1.29, 1.82) is 0 Å². The smallest absolute Gasteiger partial charge is 0.0402 e. The molecule has 0 spiro atoms. The molecule has 2 N–H and O–H groups in total. The average molecular weight is 190 g/mol. The topological polar surface area (TPSA) is 29.3 Å². The summed E-state index contributed by atoms with van der Waals surface area (Å²) in [6, 6.07) is 7.24. The third kappa shape index (κ3) is 1.40. The van der Waals surface area contributed by atoms with Crippen LogP contribution in [-0.4, -0.2) is 12.6 Å². The fourth-order valence-electron chi connectivity index (χ4n) is 2.36. The Morgan fingerprint density at radius 1 is 1.50 bits per heavy atom. The van der Waals surface area contributed by atoms with Crippen molar-refractivity contribution < 1.29 is 0 Å². The maximum absolute atomic E-state index is 5.63. The quantitative estimate of drug-likeness (QED) is 0.772. The Labute approximate surface area is 85.7 Å². The second-order valence-electron chi connectivity index (χ2n) is 4.01. The van der Waals surface area contributed by atoms with Crippen LogP contribution in [-0.2, 0) is 13.0 Å². The van der Waals surface area contributed by atoms with Crippen LogP contribution in [0.3, 0.4) is 0 Å². The summed E-state index contributed by atoms with van der Waals surface area (Å²) in [7, 11) is 0. The lowest BCUT2D eigenvalue weighted by Crippen LogP contribution is -2.28. The van der Waals surface area contributed by atoms with Gasteiger partial charge in [-0.15, -0.1) is 0 Å². The number of benzene rings is 1. The van der Waals surface area contributed by atoms with Crippen LogP contribution in [0.15, 0.2) is 18.2 Å². The van der Waals surface area contributed by atoms with Gasteiger partial charge in [0.1, 0.15) is 0 Å². The largest absolute Gasteiger partial charge is 0.369 e. The van der Waals surface area contributed by atoms with Gasteiger partial charge in [0.05, 0.1) is 0 Å². The van der Waals surface area contributed by atoms with Crippen molar-refractivity contribution in [2.75, 3.05) is 11.4 Å². The molecule has 0 radical (unpaired) electrons. The fourth-order valence-corrected chi connectivity index (χ4v) is 2.36. The van der Waals surface area contributed by atoms with Crippen LogP contribution in [0.4, 0.5) is 5.69 Å². The first-order valence-corrected chi connectivity index (χ1v) is 5.34. The highest BCUT2D eigenvalue weighted by molar-refractivity contribution is 5.60. The van der Waals surface area contributed by atoms with E-state index in [9.17, 15) is 0 Å². The molecule has 1 aliphatic rings. The molecule has 14 heavy (non-hydrogen) atoms. The summed E-state index contributed by atoms with van der Waals surface area (Å²) in [6.07, 6.45) is 1.16. The molecular formula is C12H18N2. The maximum atomic E-state index is 5.63. The van der Waals surface area contributed by atoms with E-state index in [0.717, 1.165) is 13.0 Å². The van der Waals surface area contributed by atoms with Gasteiger partial charge in [0.15, 0.2) is 0 Å². The van der Waals surface area contributed by atoms with E-state index < -0.39 is 0 Å². The summed E-state index contributed by atoms with van der Waals surface area (Å²) in [4.78, 5) is 2.45. The summed E-state index contributed by atoms with van der Waals surface area (Å²) in [5, 5.41) is 0. The molecule has 1 aliphatic heterocycles. The van der Waals surface area contributed by atoms with Crippen molar-refractivity contribution >= 4 is 5.69 Å². The molecule has 76 valence electrons. The van der Waals surface area contributed by atoms with Crippen LogP contribution in [0.2, 0.25) is 0 Å². The molecule has 2 heteroatoms. The summed E-state index contributed by atoms with van der Waals surface area (Å²) >= 11 is 0. The third-order valence-electron chi connectivity index (χ3n) is 3.08. The number of rotatable bonds is 2. The molecule has 1 heterocycles. The summed E-state index contributed by atoms with van der Waals surface area (Å²) in [5.74, 6) is 0. The molecule has 0 saturated heterocycles. The van der Waals surface area contributed by atoms with Gasteiger partial charge in [-0.05, 0) is 37.5 Å². The van der Waals surface area contributed by atoms with Crippen molar-refractivity contribution in [1.82, 2.24) is 0 Å². The predicted molar refractivity (Wildman–Crippen MR) is 60.5 cm³/mol. The first-order valence-electron chi connectivity index (χ1n) is 5.34. The van der Waals surface area contributed by atoms with Crippen molar-refractivity contribution in [2.45, 2.75) is 32.9 Å². The van der Waals surface area contributed by atoms with Crippen LogP contribution in [0.1, 0.15) is 25.0 Å². The monoisotopic (exact) mass is 190 g/mol. The van der Waals surface area contributed by atoms with Gasteiger partial charge in [-0.2, -0.15) is 0 Å². The molecule has 2 nitrogen and oxygen atoms in total. The van der Waals surface area contributed by atoms with Crippen molar-refractivity contribution in [3.8, 4) is 0 Å². The fraction of sp³-hybridized carbons (Fsp3) is 0.500. The third-order valence-corrected chi connectivity index (χ3v) is 3.08. The SMILES string of the molecule is CCN1c2ccc(CN)cc2CC1C. The van der Waals surface area contributed by atoms with Gasteiger partial charge < -0.3 is 10.6 Å². The lowest BCUT2D eigenvalue weighted by Gasteiger charge is -2.22. The number of nitrogens with zero attached hydrogens (tertiary/aromatic N) is 1. The molecule has 2 rings (SSSR count). The van der Waals surface area contributed by atoms with E-state index in [0.29, 0.717) is 12.6 Å². The summed E-state index contributed by atoms with van der Waals surface area (Å²) in [5.41, 5.74) is 9.74. The molecule has 0 amide bonds. The summed E-state index contributed by atoms with van der Waals surface area (Å²) in [6.45, 7) is 6.23. The average Bonchev–Trinajstić information content (AvgIpc) is 2.51. The van der Waals surface area contributed by atoms with Gasteiger partial charge in [-0.3, -0.25) is 0 Å². The second kappa shape index (κ2) is 3.62. The lowest BCUT2D eigenvalue weighted by atomic mass is 10.1. The number of nitrogens with two attached hydrogens (primary N) is 1. The Morgan fingerprint density at radius 2 is 2.29 bits per heavy atom. The Bertz CT molecular complexity index is 333. The number of hydrogen-bond acceptors (Lipinski definition) is 2. The van der Waals surface area contributed by atoms with Crippen molar-refractivity contribution in [2.24, 2.45) is 5.73 Å². The number of hydrogen-bond donors (Lipinski definition) is 1. The van der Waals surface area contributed by atoms with Crippen LogP contribution < -0.4 is 10.6 Å². The van der Waals surface area contributed by atoms with Gasteiger partial charge in [-0.25, -0.2) is 0 Å².